The Labute approximate surface area is 143 Å². The van der Waals surface area contributed by atoms with Gasteiger partial charge in [0.15, 0.2) is 6.61 Å². The van der Waals surface area contributed by atoms with E-state index in [1.807, 2.05) is 38.1 Å². The molecule has 0 aliphatic carbocycles. The molecule has 0 spiro atoms. The van der Waals surface area contributed by atoms with Crippen LogP contribution in [-0.4, -0.2) is 24.0 Å². The van der Waals surface area contributed by atoms with Crippen LogP contribution in [0.2, 0.25) is 0 Å². The molecule has 1 unspecified atom stereocenters. The van der Waals surface area contributed by atoms with Crippen molar-refractivity contribution < 1.29 is 14.3 Å². The van der Waals surface area contributed by atoms with Crippen molar-refractivity contribution >= 4 is 18.0 Å². The fourth-order valence-electron chi connectivity index (χ4n) is 1.84. The van der Waals surface area contributed by atoms with E-state index in [0.29, 0.717) is 0 Å². The second kappa shape index (κ2) is 8.88. The number of carbonyl (C=O) groups excluding carboxylic acids is 2. The zero-order chi connectivity index (χ0) is 18.2. The SMILES string of the molecule is CCc1ccc(/C=C/C(=O)OCC(=O)NC(C)(C#N)C(C)C)cc1. The third-order valence-electron chi connectivity index (χ3n) is 3.93. The van der Waals surface area contributed by atoms with Crippen LogP contribution in [0.15, 0.2) is 30.3 Å². The summed E-state index contributed by atoms with van der Waals surface area (Å²) in [7, 11) is 0. The van der Waals surface area contributed by atoms with Crippen molar-refractivity contribution in [2.24, 2.45) is 5.92 Å². The van der Waals surface area contributed by atoms with Crippen molar-refractivity contribution in [1.82, 2.24) is 5.32 Å². The predicted molar refractivity (Wildman–Crippen MR) is 92.8 cm³/mol. The second-order valence-electron chi connectivity index (χ2n) is 6.05. The maximum atomic E-state index is 11.8. The van der Waals surface area contributed by atoms with E-state index in [2.05, 4.69) is 18.3 Å². The van der Waals surface area contributed by atoms with Crippen molar-refractivity contribution in [2.75, 3.05) is 6.61 Å². The van der Waals surface area contributed by atoms with Gasteiger partial charge in [-0.25, -0.2) is 4.79 Å². The van der Waals surface area contributed by atoms with E-state index in [9.17, 15) is 9.59 Å². The van der Waals surface area contributed by atoms with Gasteiger partial charge in [-0.1, -0.05) is 45.0 Å². The summed E-state index contributed by atoms with van der Waals surface area (Å²) in [5.74, 6) is -1.16. The fourth-order valence-corrected chi connectivity index (χ4v) is 1.84. The Bertz CT molecular complexity index is 642. The van der Waals surface area contributed by atoms with E-state index in [-0.39, 0.29) is 5.92 Å². The summed E-state index contributed by atoms with van der Waals surface area (Å²) in [6.07, 6.45) is 3.87. The second-order valence-corrected chi connectivity index (χ2v) is 6.05. The highest BCUT2D eigenvalue weighted by molar-refractivity contribution is 5.89. The lowest BCUT2D eigenvalue weighted by Crippen LogP contribution is -2.50. The number of carbonyl (C=O) groups is 2. The Kier molecular flexibility index (Phi) is 7.19. The van der Waals surface area contributed by atoms with Crippen molar-refractivity contribution in [3.63, 3.8) is 0 Å². The number of hydrogen-bond donors (Lipinski definition) is 1. The standard InChI is InChI=1S/C19H24N2O3/c1-5-15-6-8-16(9-7-15)10-11-18(23)24-12-17(22)21-19(4,13-20)14(2)3/h6-11,14H,5,12H2,1-4H3,(H,21,22)/b11-10+. The number of benzene rings is 1. The minimum absolute atomic E-state index is 0.0619. The summed E-state index contributed by atoms with van der Waals surface area (Å²) in [5, 5.41) is 11.7. The first kappa shape index (κ1) is 19.4. The van der Waals surface area contributed by atoms with Crippen LogP contribution in [0.1, 0.15) is 38.8 Å². The summed E-state index contributed by atoms with van der Waals surface area (Å²) in [4.78, 5) is 23.5. The molecular weight excluding hydrogens is 304 g/mol. The number of aryl methyl sites for hydroxylation is 1. The largest absolute Gasteiger partial charge is 0.452 e. The summed E-state index contributed by atoms with van der Waals surface area (Å²) >= 11 is 0. The first-order valence-corrected chi connectivity index (χ1v) is 7.96. The molecule has 0 saturated carbocycles. The number of nitrogens with zero attached hydrogens (tertiary/aromatic N) is 1. The molecule has 1 aromatic rings. The van der Waals surface area contributed by atoms with Crippen LogP contribution < -0.4 is 5.32 Å². The Balaban J connectivity index is 2.49. The fraction of sp³-hybridized carbons (Fsp3) is 0.421. The van der Waals surface area contributed by atoms with Gasteiger partial charge in [0.05, 0.1) is 6.07 Å². The maximum absolute atomic E-state index is 11.8. The van der Waals surface area contributed by atoms with Gasteiger partial charge in [0, 0.05) is 6.08 Å². The third kappa shape index (κ3) is 5.88. The Hall–Kier alpha value is -2.61. The van der Waals surface area contributed by atoms with Gasteiger partial charge >= 0.3 is 5.97 Å². The first-order valence-electron chi connectivity index (χ1n) is 7.96. The van der Waals surface area contributed by atoms with Gasteiger partial charge in [-0.05, 0) is 36.5 Å². The lowest BCUT2D eigenvalue weighted by atomic mass is 9.90. The van der Waals surface area contributed by atoms with Crippen molar-refractivity contribution in [2.45, 2.75) is 39.7 Å². The molecule has 1 amide bonds. The van der Waals surface area contributed by atoms with Gasteiger partial charge in [-0.15, -0.1) is 0 Å². The third-order valence-corrected chi connectivity index (χ3v) is 3.93. The minimum atomic E-state index is -0.986. The van der Waals surface area contributed by atoms with E-state index in [4.69, 9.17) is 10.00 Å². The molecule has 1 rings (SSSR count). The molecule has 1 atom stereocenters. The number of rotatable bonds is 7. The number of esters is 1. The average molecular weight is 328 g/mol. The monoisotopic (exact) mass is 328 g/mol. The lowest BCUT2D eigenvalue weighted by molar-refractivity contribution is -0.144. The van der Waals surface area contributed by atoms with Gasteiger partial charge < -0.3 is 10.1 Å². The quantitative estimate of drug-likeness (QED) is 0.616. The molecular formula is C19H24N2O3. The number of hydrogen-bond acceptors (Lipinski definition) is 4. The molecule has 0 bridgehead atoms. The molecule has 24 heavy (non-hydrogen) atoms. The van der Waals surface area contributed by atoms with Gasteiger partial charge in [0.25, 0.3) is 5.91 Å². The number of nitriles is 1. The first-order chi connectivity index (χ1) is 11.3. The predicted octanol–water partition coefficient (Wildman–Crippen LogP) is 2.86. The van der Waals surface area contributed by atoms with Crippen LogP contribution in [0, 0.1) is 17.2 Å². The summed E-state index contributed by atoms with van der Waals surface area (Å²) in [5.41, 5.74) is 1.11. The van der Waals surface area contributed by atoms with Gasteiger partial charge in [-0.3, -0.25) is 4.79 Å². The van der Waals surface area contributed by atoms with Crippen LogP contribution in [-0.2, 0) is 20.7 Å². The molecule has 0 radical (unpaired) electrons. The lowest BCUT2D eigenvalue weighted by Gasteiger charge is -2.27. The zero-order valence-corrected chi connectivity index (χ0v) is 14.6. The Morgan fingerprint density at radius 2 is 1.96 bits per heavy atom. The molecule has 0 aromatic heterocycles. The molecule has 1 N–H and O–H groups in total. The topological polar surface area (TPSA) is 79.2 Å². The normalized spacial score (nSPS) is 13.3. The molecule has 0 fully saturated rings. The van der Waals surface area contributed by atoms with E-state index in [1.54, 1.807) is 13.0 Å². The smallest absolute Gasteiger partial charge is 0.331 e. The molecule has 0 aliphatic rings. The number of nitrogens with one attached hydrogen (secondary N) is 1. The molecule has 128 valence electrons. The molecule has 5 heteroatoms. The van der Waals surface area contributed by atoms with Crippen LogP contribution in [0.25, 0.3) is 6.08 Å². The van der Waals surface area contributed by atoms with Crippen LogP contribution >= 0.6 is 0 Å². The van der Waals surface area contributed by atoms with Crippen LogP contribution in [0.5, 0.6) is 0 Å². The molecule has 0 heterocycles. The van der Waals surface area contributed by atoms with Crippen molar-refractivity contribution in [3.8, 4) is 6.07 Å². The maximum Gasteiger partial charge on any atom is 0.331 e. The highest BCUT2D eigenvalue weighted by Gasteiger charge is 2.30. The zero-order valence-electron chi connectivity index (χ0n) is 14.6. The van der Waals surface area contributed by atoms with E-state index >= 15 is 0 Å². The van der Waals surface area contributed by atoms with Gasteiger partial charge in [-0.2, -0.15) is 5.26 Å². The highest BCUT2D eigenvalue weighted by Crippen LogP contribution is 2.14. The van der Waals surface area contributed by atoms with Gasteiger partial charge in [0.1, 0.15) is 5.54 Å². The summed E-state index contributed by atoms with van der Waals surface area (Å²) < 4.78 is 4.89. The van der Waals surface area contributed by atoms with Crippen molar-refractivity contribution in [3.05, 3.63) is 41.5 Å². The number of amides is 1. The van der Waals surface area contributed by atoms with E-state index in [1.165, 1.54) is 11.6 Å². The van der Waals surface area contributed by atoms with Crippen LogP contribution in [0.3, 0.4) is 0 Å². The summed E-state index contributed by atoms with van der Waals surface area (Å²) in [6.45, 7) is 6.97. The summed E-state index contributed by atoms with van der Waals surface area (Å²) in [6, 6.07) is 9.88. The van der Waals surface area contributed by atoms with Gasteiger partial charge in [0.2, 0.25) is 0 Å². The Morgan fingerprint density at radius 1 is 1.33 bits per heavy atom. The number of ether oxygens (including phenoxy) is 1. The van der Waals surface area contributed by atoms with E-state index in [0.717, 1.165) is 12.0 Å². The van der Waals surface area contributed by atoms with Crippen LogP contribution in [0.4, 0.5) is 0 Å². The molecule has 5 nitrogen and oxygen atoms in total. The molecule has 0 saturated heterocycles. The Morgan fingerprint density at radius 3 is 2.46 bits per heavy atom. The average Bonchev–Trinajstić information content (AvgIpc) is 2.58. The van der Waals surface area contributed by atoms with Crippen molar-refractivity contribution in [1.29, 1.82) is 5.26 Å². The minimum Gasteiger partial charge on any atom is -0.452 e. The highest BCUT2D eigenvalue weighted by atomic mass is 16.5. The molecule has 0 aliphatic heterocycles. The molecule has 1 aromatic carbocycles. The van der Waals surface area contributed by atoms with E-state index < -0.39 is 24.0 Å².